The molecule has 2 rings (SSSR count). The summed E-state index contributed by atoms with van der Waals surface area (Å²) in [6.07, 6.45) is 0. The Morgan fingerprint density at radius 3 is 2.57 bits per heavy atom. The van der Waals surface area contributed by atoms with Crippen LogP contribution in [0.1, 0.15) is 34.5 Å². The number of hydrogen-bond donors (Lipinski definition) is 2. The van der Waals surface area contributed by atoms with Crippen molar-refractivity contribution in [2.75, 3.05) is 12.8 Å². The second-order valence-corrected chi connectivity index (χ2v) is 4.97. The number of hydrogen-bond acceptors (Lipinski definition) is 3. The van der Waals surface area contributed by atoms with E-state index in [0.29, 0.717) is 17.0 Å². The van der Waals surface area contributed by atoms with Crippen LogP contribution in [-0.2, 0) is 0 Å². The van der Waals surface area contributed by atoms with E-state index in [1.807, 2.05) is 38.1 Å². The molecule has 0 spiro atoms. The number of methoxy groups -OCH3 is 1. The molecular weight excluding hydrogens is 264 g/mol. The molecule has 0 saturated carbocycles. The largest absolute Gasteiger partial charge is 0.495 e. The van der Waals surface area contributed by atoms with Gasteiger partial charge in [0.15, 0.2) is 0 Å². The normalized spacial score (nSPS) is 11.8. The van der Waals surface area contributed by atoms with E-state index in [9.17, 15) is 4.79 Å². The molecular formula is C17H20N2O2. The summed E-state index contributed by atoms with van der Waals surface area (Å²) in [6, 6.07) is 13.1. The lowest BCUT2D eigenvalue weighted by Crippen LogP contribution is -2.27. The van der Waals surface area contributed by atoms with Gasteiger partial charge in [-0.3, -0.25) is 4.79 Å². The fourth-order valence-corrected chi connectivity index (χ4v) is 2.34. The molecule has 0 heterocycles. The highest BCUT2D eigenvalue weighted by molar-refractivity contribution is 6.00. The fourth-order valence-electron chi connectivity index (χ4n) is 2.34. The number of nitrogens with one attached hydrogen (secondary N) is 1. The van der Waals surface area contributed by atoms with Crippen molar-refractivity contribution in [2.24, 2.45) is 0 Å². The van der Waals surface area contributed by atoms with E-state index in [0.717, 1.165) is 11.1 Å². The van der Waals surface area contributed by atoms with Gasteiger partial charge in [0, 0.05) is 0 Å². The van der Waals surface area contributed by atoms with Crippen LogP contribution in [0.3, 0.4) is 0 Å². The van der Waals surface area contributed by atoms with Crippen molar-refractivity contribution in [1.29, 1.82) is 0 Å². The Kier molecular flexibility index (Phi) is 4.48. The van der Waals surface area contributed by atoms with Crippen molar-refractivity contribution < 1.29 is 9.53 Å². The number of para-hydroxylation sites is 1. The van der Waals surface area contributed by atoms with Crippen LogP contribution in [-0.4, -0.2) is 13.0 Å². The average Bonchev–Trinajstić information content (AvgIpc) is 2.47. The number of nitrogens with two attached hydrogens (primary N) is 1. The van der Waals surface area contributed by atoms with Gasteiger partial charge in [0.05, 0.1) is 24.4 Å². The second-order valence-electron chi connectivity index (χ2n) is 4.97. The van der Waals surface area contributed by atoms with Gasteiger partial charge in [0.1, 0.15) is 5.75 Å². The van der Waals surface area contributed by atoms with Crippen molar-refractivity contribution in [3.05, 3.63) is 59.2 Å². The maximum absolute atomic E-state index is 12.4. The molecule has 1 amide bonds. The maximum atomic E-state index is 12.4. The van der Waals surface area contributed by atoms with Crippen LogP contribution >= 0.6 is 0 Å². The third kappa shape index (κ3) is 3.16. The van der Waals surface area contributed by atoms with Crippen molar-refractivity contribution in [1.82, 2.24) is 5.32 Å². The minimum atomic E-state index is -0.206. The number of aryl methyl sites for hydroxylation is 1. The number of carbonyl (C=O) groups excluding carboxylic acids is 1. The van der Waals surface area contributed by atoms with Crippen LogP contribution in [0.15, 0.2) is 42.5 Å². The molecule has 0 bridgehead atoms. The van der Waals surface area contributed by atoms with Crippen molar-refractivity contribution in [3.8, 4) is 5.75 Å². The molecule has 110 valence electrons. The summed E-state index contributed by atoms with van der Waals surface area (Å²) in [5.74, 6) is 0.299. The SMILES string of the molecule is COc1cccc(C(=O)NC(C)c2ccccc2C)c1N. The molecule has 0 aliphatic heterocycles. The summed E-state index contributed by atoms with van der Waals surface area (Å²) < 4.78 is 5.14. The Morgan fingerprint density at radius 2 is 1.90 bits per heavy atom. The van der Waals surface area contributed by atoms with E-state index < -0.39 is 0 Å². The summed E-state index contributed by atoms with van der Waals surface area (Å²) in [7, 11) is 1.53. The molecule has 0 fully saturated rings. The summed E-state index contributed by atoms with van der Waals surface area (Å²) in [4.78, 5) is 12.4. The van der Waals surface area contributed by atoms with E-state index >= 15 is 0 Å². The molecule has 2 aromatic carbocycles. The van der Waals surface area contributed by atoms with E-state index in [4.69, 9.17) is 10.5 Å². The summed E-state index contributed by atoms with van der Waals surface area (Å²) in [5.41, 5.74) is 8.97. The highest BCUT2D eigenvalue weighted by Gasteiger charge is 2.16. The molecule has 0 aliphatic carbocycles. The Balaban J connectivity index is 2.21. The predicted octanol–water partition coefficient (Wildman–Crippen LogP) is 3.08. The number of nitrogen functional groups attached to an aromatic ring is 1. The zero-order valence-corrected chi connectivity index (χ0v) is 12.5. The van der Waals surface area contributed by atoms with Gasteiger partial charge in [-0.15, -0.1) is 0 Å². The molecule has 4 heteroatoms. The zero-order chi connectivity index (χ0) is 15.4. The first-order chi connectivity index (χ1) is 10.0. The minimum absolute atomic E-state index is 0.0932. The van der Waals surface area contributed by atoms with Gasteiger partial charge in [0.25, 0.3) is 5.91 Å². The van der Waals surface area contributed by atoms with Crippen molar-refractivity contribution in [2.45, 2.75) is 19.9 Å². The van der Waals surface area contributed by atoms with Crippen LogP contribution in [0.5, 0.6) is 5.75 Å². The molecule has 21 heavy (non-hydrogen) atoms. The zero-order valence-electron chi connectivity index (χ0n) is 12.5. The molecule has 3 N–H and O–H groups in total. The van der Waals surface area contributed by atoms with Crippen LogP contribution in [0.25, 0.3) is 0 Å². The molecule has 1 unspecified atom stereocenters. The van der Waals surface area contributed by atoms with Gasteiger partial charge < -0.3 is 15.8 Å². The first kappa shape index (κ1) is 14.9. The Bertz CT molecular complexity index is 653. The van der Waals surface area contributed by atoms with Gasteiger partial charge in [-0.05, 0) is 37.1 Å². The molecule has 0 aromatic heterocycles. The van der Waals surface area contributed by atoms with Gasteiger partial charge >= 0.3 is 0 Å². The molecule has 0 radical (unpaired) electrons. The highest BCUT2D eigenvalue weighted by atomic mass is 16.5. The number of anilines is 1. The van der Waals surface area contributed by atoms with Crippen molar-refractivity contribution >= 4 is 11.6 Å². The second kappa shape index (κ2) is 6.31. The van der Waals surface area contributed by atoms with E-state index in [1.165, 1.54) is 7.11 Å². The lowest BCUT2D eigenvalue weighted by atomic mass is 10.0. The molecule has 1 atom stereocenters. The number of carbonyl (C=O) groups is 1. The first-order valence-electron chi connectivity index (χ1n) is 6.83. The number of ether oxygens (including phenoxy) is 1. The average molecular weight is 284 g/mol. The van der Waals surface area contributed by atoms with Crippen LogP contribution in [0, 0.1) is 6.92 Å². The topological polar surface area (TPSA) is 64.3 Å². The van der Waals surface area contributed by atoms with Crippen LogP contribution < -0.4 is 15.8 Å². The summed E-state index contributed by atoms with van der Waals surface area (Å²) >= 11 is 0. The quantitative estimate of drug-likeness (QED) is 0.848. The Hall–Kier alpha value is -2.49. The Morgan fingerprint density at radius 1 is 1.19 bits per heavy atom. The Labute approximate surface area is 124 Å². The third-order valence-electron chi connectivity index (χ3n) is 3.53. The maximum Gasteiger partial charge on any atom is 0.253 e. The first-order valence-corrected chi connectivity index (χ1v) is 6.83. The third-order valence-corrected chi connectivity index (χ3v) is 3.53. The van der Waals surface area contributed by atoms with E-state index in [2.05, 4.69) is 5.32 Å². The number of benzene rings is 2. The number of rotatable bonds is 4. The van der Waals surface area contributed by atoms with Gasteiger partial charge in [0.2, 0.25) is 0 Å². The monoisotopic (exact) mass is 284 g/mol. The van der Waals surface area contributed by atoms with Gasteiger partial charge in [-0.2, -0.15) is 0 Å². The molecule has 2 aromatic rings. The highest BCUT2D eigenvalue weighted by Crippen LogP contribution is 2.25. The van der Waals surface area contributed by atoms with Crippen molar-refractivity contribution in [3.63, 3.8) is 0 Å². The van der Waals surface area contributed by atoms with E-state index in [1.54, 1.807) is 18.2 Å². The smallest absolute Gasteiger partial charge is 0.253 e. The lowest BCUT2D eigenvalue weighted by Gasteiger charge is -2.17. The standard InChI is InChI=1S/C17H20N2O2/c1-11-7-4-5-8-13(11)12(2)19-17(20)14-9-6-10-15(21-3)16(14)18/h4-10,12H,18H2,1-3H3,(H,19,20). The predicted molar refractivity (Wildman–Crippen MR) is 84.5 cm³/mol. The van der Waals surface area contributed by atoms with Crippen LogP contribution in [0.2, 0.25) is 0 Å². The molecule has 4 nitrogen and oxygen atoms in total. The van der Waals surface area contributed by atoms with Gasteiger partial charge in [-0.1, -0.05) is 30.3 Å². The van der Waals surface area contributed by atoms with Crippen LogP contribution in [0.4, 0.5) is 5.69 Å². The summed E-state index contributed by atoms with van der Waals surface area (Å²) in [5, 5.41) is 2.97. The summed E-state index contributed by atoms with van der Waals surface area (Å²) in [6.45, 7) is 3.98. The molecule has 0 saturated heterocycles. The fraction of sp³-hybridized carbons (Fsp3) is 0.235. The van der Waals surface area contributed by atoms with Gasteiger partial charge in [-0.25, -0.2) is 0 Å². The van der Waals surface area contributed by atoms with E-state index in [-0.39, 0.29) is 11.9 Å². The lowest BCUT2D eigenvalue weighted by molar-refractivity contribution is 0.0940. The molecule has 0 aliphatic rings. The minimum Gasteiger partial charge on any atom is -0.495 e. The number of amides is 1.